The van der Waals surface area contributed by atoms with Crippen LogP contribution >= 0.6 is 0 Å². The van der Waals surface area contributed by atoms with Gasteiger partial charge in [-0.1, -0.05) is 43.3 Å². The van der Waals surface area contributed by atoms with E-state index in [1.165, 1.54) is 6.07 Å². The SMILES string of the molecule is CCNC(=O)c1noc(-c2cc(C(C)C)c(O)cc2O)c1-c1ccc(CN2CCOCC2)cc1.CS(=O)(=O)O. The van der Waals surface area contributed by atoms with Gasteiger partial charge >= 0.3 is 0 Å². The number of benzene rings is 2. The van der Waals surface area contributed by atoms with E-state index in [4.69, 9.17) is 13.8 Å². The number of nitrogens with one attached hydrogen (secondary N) is 1. The molecule has 1 aliphatic rings. The minimum atomic E-state index is -3.67. The van der Waals surface area contributed by atoms with Crippen LogP contribution in [-0.4, -0.2) is 78.3 Å². The molecule has 12 heteroatoms. The molecule has 3 aromatic rings. The van der Waals surface area contributed by atoms with Crippen molar-refractivity contribution in [2.45, 2.75) is 33.2 Å². The Hall–Kier alpha value is -3.45. The Balaban J connectivity index is 0.000000771. The summed E-state index contributed by atoms with van der Waals surface area (Å²) in [7, 11) is -3.67. The third-order valence-corrected chi connectivity index (χ3v) is 6.01. The van der Waals surface area contributed by atoms with Gasteiger partial charge in [-0.25, -0.2) is 0 Å². The van der Waals surface area contributed by atoms with Gasteiger partial charge in [-0.3, -0.25) is 14.2 Å². The van der Waals surface area contributed by atoms with E-state index in [0.717, 1.165) is 44.0 Å². The van der Waals surface area contributed by atoms with Crippen LogP contribution in [0, 0.1) is 0 Å². The van der Waals surface area contributed by atoms with Gasteiger partial charge in [0.05, 0.1) is 30.6 Å². The van der Waals surface area contributed by atoms with Crippen LogP contribution in [0.3, 0.4) is 0 Å². The molecule has 0 atom stereocenters. The van der Waals surface area contributed by atoms with Crippen molar-refractivity contribution in [1.82, 2.24) is 15.4 Å². The van der Waals surface area contributed by atoms with Gasteiger partial charge in [0, 0.05) is 32.2 Å². The zero-order chi connectivity index (χ0) is 28.7. The first-order valence-corrected chi connectivity index (χ1v) is 14.4. The van der Waals surface area contributed by atoms with Crippen LogP contribution < -0.4 is 5.32 Å². The molecule has 1 aromatic heterocycles. The molecular weight excluding hydrogens is 526 g/mol. The fourth-order valence-corrected chi connectivity index (χ4v) is 4.17. The van der Waals surface area contributed by atoms with Crippen molar-refractivity contribution in [3.8, 4) is 33.9 Å². The van der Waals surface area contributed by atoms with Crippen molar-refractivity contribution in [3.63, 3.8) is 0 Å². The number of phenolic OH excluding ortho intramolecular Hbond substituents is 2. The molecular formula is C27H35N3O8S. The lowest BCUT2D eigenvalue weighted by atomic mass is 9.94. The van der Waals surface area contributed by atoms with Crippen LogP contribution in [0.1, 0.15) is 48.3 Å². The fourth-order valence-electron chi connectivity index (χ4n) is 4.17. The zero-order valence-corrected chi connectivity index (χ0v) is 23.3. The number of aromatic nitrogens is 1. The molecule has 39 heavy (non-hydrogen) atoms. The van der Waals surface area contributed by atoms with E-state index in [2.05, 4.69) is 15.4 Å². The van der Waals surface area contributed by atoms with E-state index in [0.29, 0.717) is 29.5 Å². The van der Waals surface area contributed by atoms with E-state index in [-0.39, 0.29) is 34.8 Å². The minimum Gasteiger partial charge on any atom is -0.508 e. The Morgan fingerprint density at radius 3 is 2.28 bits per heavy atom. The monoisotopic (exact) mass is 561 g/mol. The molecule has 2 heterocycles. The molecule has 0 aliphatic carbocycles. The summed E-state index contributed by atoms with van der Waals surface area (Å²) in [6.07, 6.45) is 0.715. The minimum absolute atomic E-state index is 0.00808. The maximum Gasteiger partial charge on any atom is 0.274 e. The van der Waals surface area contributed by atoms with Gasteiger partial charge in [-0.15, -0.1) is 0 Å². The first kappa shape index (κ1) is 30.1. The fraction of sp³-hybridized carbons (Fsp3) is 0.407. The van der Waals surface area contributed by atoms with Crippen molar-refractivity contribution in [1.29, 1.82) is 0 Å². The summed E-state index contributed by atoms with van der Waals surface area (Å²) in [6, 6.07) is 10.9. The predicted octanol–water partition coefficient (Wildman–Crippen LogP) is 3.63. The van der Waals surface area contributed by atoms with E-state index < -0.39 is 10.1 Å². The Morgan fingerprint density at radius 1 is 1.10 bits per heavy atom. The van der Waals surface area contributed by atoms with Crippen LogP contribution in [-0.2, 0) is 21.4 Å². The van der Waals surface area contributed by atoms with Gasteiger partial charge in [-0.05, 0) is 35.6 Å². The summed E-state index contributed by atoms with van der Waals surface area (Å²) < 4.78 is 36.9. The molecule has 11 nitrogen and oxygen atoms in total. The highest BCUT2D eigenvalue weighted by Crippen LogP contribution is 2.43. The van der Waals surface area contributed by atoms with Gasteiger partial charge in [-0.2, -0.15) is 8.42 Å². The van der Waals surface area contributed by atoms with Crippen molar-refractivity contribution in [3.05, 3.63) is 53.2 Å². The highest BCUT2D eigenvalue weighted by Gasteiger charge is 2.27. The molecule has 4 rings (SSSR count). The lowest BCUT2D eigenvalue weighted by molar-refractivity contribution is 0.0342. The number of morpholine rings is 1. The van der Waals surface area contributed by atoms with Crippen molar-refractivity contribution < 1.29 is 37.2 Å². The van der Waals surface area contributed by atoms with Crippen molar-refractivity contribution in [2.75, 3.05) is 39.1 Å². The highest BCUT2D eigenvalue weighted by molar-refractivity contribution is 7.85. The first-order chi connectivity index (χ1) is 18.4. The number of hydrogen-bond donors (Lipinski definition) is 4. The third-order valence-electron chi connectivity index (χ3n) is 6.01. The lowest BCUT2D eigenvalue weighted by Gasteiger charge is -2.26. The van der Waals surface area contributed by atoms with Gasteiger partial charge in [0.25, 0.3) is 16.0 Å². The summed E-state index contributed by atoms with van der Waals surface area (Å²) in [4.78, 5) is 15.1. The smallest absolute Gasteiger partial charge is 0.274 e. The summed E-state index contributed by atoms with van der Waals surface area (Å²) in [5, 5.41) is 27.7. The van der Waals surface area contributed by atoms with E-state index in [9.17, 15) is 23.4 Å². The Bertz CT molecular complexity index is 1370. The number of ether oxygens (including phenoxy) is 1. The quantitative estimate of drug-likeness (QED) is 0.313. The van der Waals surface area contributed by atoms with E-state index in [1.54, 1.807) is 6.07 Å². The third kappa shape index (κ3) is 8.27. The van der Waals surface area contributed by atoms with Crippen LogP contribution in [0.2, 0.25) is 0 Å². The summed E-state index contributed by atoms with van der Waals surface area (Å²) >= 11 is 0. The molecule has 0 saturated carbocycles. The maximum atomic E-state index is 12.8. The number of rotatable bonds is 7. The maximum absolute atomic E-state index is 12.8. The Morgan fingerprint density at radius 2 is 1.72 bits per heavy atom. The standard InChI is InChI=1S/C26H31N3O5.CH4O3S/c1-4-27-26(32)24-23(18-7-5-17(6-8-18)15-29-9-11-33-12-10-29)25(34-28-24)20-13-19(16(2)3)21(30)14-22(20)31;1-5(2,3)4/h5-8,13-14,16,30-31H,4,9-12,15H2,1-3H3,(H,27,32);1H3,(H,2,3,4). The zero-order valence-electron chi connectivity index (χ0n) is 22.5. The molecule has 1 aliphatic heterocycles. The van der Waals surface area contributed by atoms with Gasteiger partial charge < -0.3 is 24.8 Å². The van der Waals surface area contributed by atoms with Crippen LogP contribution in [0.5, 0.6) is 11.5 Å². The lowest BCUT2D eigenvalue weighted by Crippen LogP contribution is -2.35. The molecule has 2 aromatic carbocycles. The Labute approximate surface area is 228 Å². The number of amides is 1. The van der Waals surface area contributed by atoms with Gasteiger partial charge in [0.1, 0.15) is 11.5 Å². The van der Waals surface area contributed by atoms with E-state index >= 15 is 0 Å². The molecule has 1 amide bonds. The number of carbonyl (C=O) groups is 1. The summed E-state index contributed by atoms with van der Waals surface area (Å²) in [5.74, 6) is -0.193. The predicted molar refractivity (Wildman–Crippen MR) is 146 cm³/mol. The summed E-state index contributed by atoms with van der Waals surface area (Å²) in [6.45, 7) is 10.3. The summed E-state index contributed by atoms with van der Waals surface area (Å²) in [5.41, 5.74) is 3.59. The van der Waals surface area contributed by atoms with Crippen LogP contribution in [0.25, 0.3) is 22.5 Å². The topological polar surface area (TPSA) is 162 Å². The first-order valence-electron chi connectivity index (χ1n) is 12.5. The average Bonchev–Trinajstić information content (AvgIpc) is 3.29. The van der Waals surface area contributed by atoms with Gasteiger partial charge in [0.15, 0.2) is 11.5 Å². The second-order valence-corrected chi connectivity index (χ2v) is 11.0. The van der Waals surface area contributed by atoms with Gasteiger partial charge in [0.2, 0.25) is 0 Å². The molecule has 0 spiro atoms. The number of nitrogens with zero attached hydrogens (tertiary/aromatic N) is 2. The second kappa shape index (κ2) is 13.1. The largest absolute Gasteiger partial charge is 0.508 e. The molecule has 212 valence electrons. The Kier molecular flexibility index (Phi) is 10.1. The number of aromatic hydroxyl groups is 2. The van der Waals surface area contributed by atoms with Crippen LogP contribution in [0.4, 0.5) is 0 Å². The van der Waals surface area contributed by atoms with Crippen molar-refractivity contribution in [2.24, 2.45) is 0 Å². The average molecular weight is 562 g/mol. The second-order valence-electron chi connectivity index (χ2n) is 9.50. The molecule has 1 saturated heterocycles. The molecule has 0 radical (unpaired) electrons. The number of hydrogen-bond acceptors (Lipinski definition) is 9. The molecule has 0 bridgehead atoms. The molecule has 0 unspecified atom stereocenters. The van der Waals surface area contributed by atoms with Crippen LogP contribution in [0.15, 0.2) is 40.9 Å². The molecule has 1 fully saturated rings. The van der Waals surface area contributed by atoms with E-state index in [1.807, 2.05) is 45.0 Å². The number of phenols is 2. The number of carbonyl (C=O) groups excluding carboxylic acids is 1. The normalized spacial score (nSPS) is 14.1. The highest BCUT2D eigenvalue weighted by atomic mass is 32.2. The molecule has 4 N–H and O–H groups in total. The van der Waals surface area contributed by atoms with Crippen molar-refractivity contribution >= 4 is 16.0 Å².